The van der Waals surface area contributed by atoms with Gasteiger partial charge in [-0.05, 0) is 48.8 Å². The average Bonchev–Trinajstić information content (AvgIpc) is 3.80. The largest absolute Gasteiger partial charge is 0.465 e. The summed E-state index contributed by atoms with van der Waals surface area (Å²) in [6.45, 7) is 6.31. The number of carbonyl (C=O) groups is 2. The van der Waals surface area contributed by atoms with Crippen molar-refractivity contribution in [1.29, 1.82) is 0 Å². The van der Waals surface area contributed by atoms with Crippen molar-refractivity contribution in [1.82, 2.24) is 14.5 Å². The first-order chi connectivity index (χ1) is 23.4. The summed E-state index contributed by atoms with van der Waals surface area (Å²) in [7, 11) is -4.21. The number of ether oxygens (including phenoxy) is 4. The van der Waals surface area contributed by atoms with E-state index in [0.29, 0.717) is 37.5 Å². The zero-order valence-electron chi connectivity index (χ0n) is 28.5. The van der Waals surface area contributed by atoms with Crippen LogP contribution in [0.15, 0.2) is 53.4 Å². The number of unbranched alkanes of at least 4 members (excludes halogenated alkanes) is 2. The quantitative estimate of drug-likeness (QED) is 0.206. The number of aliphatic hydroxyl groups excluding tert-OH is 1. The van der Waals surface area contributed by atoms with Gasteiger partial charge in [-0.1, -0.05) is 57.0 Å². The van der Waals surface area contributed by atoms with Crippen LogP contribution in [-0.4, -0.2) is 104 Å². The highest BCUT2D eigenvalue weighted by atomic mass is 32.2. The molecule has 0 radical (unpaired) electrons. The molecule has 5 rings (SSSR count). The SMILES string of the molecule is CC(=O)NCCCCCC(C)(C)CN(C[C@@H](O)[C@H](Cc1ccccc1)N(C(=O)O)[C@H]1CO[C@H]2OCC[C@H]21)S(=O)(=O)c1ccc2c(c1)OCO2. The molecule has 0 unspecified atom stereocenters. The third kappa shape index (κ3) is 9.23. The van der Waals surface area contributed by atoms with Gasteiger partial charge in [0, 0.05) is 38.5 Å². The van der Waals surface area contributed by atoms with Gasteiger partial charge < -0.3 is 34.5 Å². The number of amides is 2. The van der Waals surface area contributed by atoms with Crippen LogP contribution in [0.25, 0.3) is 0 Å². The minimum atomic E-state index is -4.21. The van der Waals surface area contributed by atoms with Crippen LogP contribution in [0.5, 0.6) is 11.5 Å². The van der Waals surface area contributed by atoms with E-state index in [1.165, 1.54) is 28.3 Å². The Hall–Kier alpha value is -3.43. The number of benzene rings is 2. The molecule has 13 nitrogen and oxygen atoms in total. The van der Waals surface area contributed by atoms with E-state index in [1.807, 2.05) is 44.2 Å². The molecule has 2 aromatic carbocycles. The highest BCUT2D eigenvalue weighted by molar-refractivity contribution is 7.89. The molecule has 0 saturated carbocycles. The van der Waals surface area contributed by atoms with Gasteiger partial charge in [-0.25, -0.2) is 13.2 Å². The minimum Gasteiger partial charge on any atom is -0.465 e. The van der Waals surface area contributed by atoms with Crippen molar-refractivity contribution >= 4 is 22.0 Å². The molecular weight excluding hydrogens is 654 g/mol. The van der Waals surface area contributed by atoms with E-state index in [9.17, 15) is 28.2 Å². The summed E-state index contributed by atoms with van der Waals surface area (Å²) < 4.78 is 52.5. The molecule has 0 bridgehead atoms. The Kier molecular flexibility index (Phi) is 12.1. The molecule has 3 aliphatic heterocycles. The van der Waals surface area contributed by atoms with E-state index in [-0.39, 0.29) is 49.6 Å². The van der Waals surface area contributed by atoms with Gasteiger partial charge >= 0.3 is 6.09 Å². The second kappa shape index (κ2) is 16.1. The number of carboxylic acid groups (broad SMARTS) is 1. The number of sulfonamides is 1. The molecule has 270 valence electrons. The first-order valence-electron chi connectivity index (χ1n) is 17.0. The minimum absolute atomic E-state index is 0.0137. The Balaban J connectivity index is 1.43. The second-order valence-corrected chi connectivity index (χ2v) is 15.8. The van der Waals surface area contributed by atoms with E-state index in [0.717, 1.165) is 24.8 Å². The van der Waals surface area contributed by atoms with Crippen LogP contribution in [0.2, 0.25) is 0 Å². The summed E-state index contributed by atoms with van der Waals surface area (Å²) in [6, 6.07) is 12.2. The van der Waals surface area contributed by atoms with Crippen molar-refractivity contribution in [3.05, 3.63) is 54.1 Å². The second-order valence-electron chi connectivity index (χ2n) is 13.9. The molecule has 3 heterocycles. The van der Waals surface area contributed by atoms with Crippen molar-refractivity contribution in [2.45, 2.75) is 88.7 Å². The predicted octanol–water partition coefficient (Wildman–Crippen LogP) is 3.84. The Morgan fingerprint density at radius 1 is 1.04 bits per heavy atom. The number of rotatable bonds is 17. The van der Waals surface area contributed by atoms with Gasteiger partial charge in [0.05, 0.1) is 36.3 Å². The van der Waals surface area contributed by atoms with Gasteiger partial charge in [0.25, 0.3) is 0 Å². The van der Waals surface area contributed by atoms with Gasteiger partial charge in [-0.2, -0.15) is 4.31 Å². The number of carbonyl (C=O) groups excluding carboxylic acids is 1. The number of hydrogen-bond donors (Lipinski definition) is 3. The Bertz CT molecular complexity index is 1540. The number of fused-ring (bicyclic) bond motifs is 2. The molecule has 0 spiro atoms. The van der Waals surface area contributed by atoms with Gasteiger partial charge in [-0.15, -0.1) is 0 Å². The van der Waals surface area contributed by atoms with Crippen molar-refractivity contribution < 1.29 is 47.2 Å². The predicted molar refractivity (Wildman–Crippen MR) is 180 cm³/mol. The lowest BCUT2D eigenvalue weighted by Crippen LogP contribution is -2.58. The van der Waals surface area contributed by atoms with Crippen LogP contribution in [-0.2, 0) is 30.7 Å². The third-order valence-corrected chi connectivity index (χ3v) is 11.4. The van der Waals surface area contributed by atoms with Crippen molar-refractivity contribution in [2.75, 3.05) is 39.6 Å². The lowest BCUT2D eigenvalue weighted by molar-refractivity contribution is -0.118. The maximum atomic E-state index is 14.4. The first kappa shape index (κ1) is 36.8. The Labute approximate surface area is 288 Å². The summed E-state index contributed by atoms with van der Waals surface area (Å²) in [5.74, 6) is 0.485. The Morgan fingerprint density at radius 3 is 2.53 bits per heavy atom. The van der Waals surface area contributed by atoms with Crippen LogP contribution in [0.3, 0.4) is 0 Å². The average molecular weight is 704 g/mol. The first-order valence-corrected chi connectivity index (χ1v) is 18.4. The molecule has 2 saturated heterocycles. The normalized spacial score (nSPS) is 21.4. The zero-order chi connectivity index (χ0) is 35.2. The standard InChI is InChI=1S/C35H49N3O10S/c1-24(39)36-16-9-5-8-15-35(2,3)22-37(49(43,44)26-12-13-31-32(19-26)48-23-47-31)20-30(40)28(18-25-10-6-4-7-11-25)38(34(41)42)29-21-46-33-27(29)14-17-45-33/h4,6-7,10-13,19,27-30,33,40H,5,8-9,14-18,20-23H2,1-3H3,(H,36,39)(H,41,42)/t27-,28-,29-,30+,33+/m0/s1. The molecule has 49 heavy (non-hydrogen) atoms. The number of nitrogens with one attached hydrogen (secondary N) is 1. The molecule has 2 amide bonds. The molecule has 2 fully saturated rings. The molecule has 0 aromatic heterocycles. The highest BCUT2D eigenvalue weighted by Crippen LogP contribution is 2.38. The summed E-state index contributed by atoms with van der Waals surface area (Å²) in [4.78, 5) is 25.5. The van der Waals surface area contributed by atoms with Crippen LogP contribution in [0.1, 0.15) is 58.4 Å². The van der Waals surface area contributed by atoms with Crippen LogP contribution in [0, 0.1) is 11.3 Å². The highest BCUT2D eigenvalue weighted by Gasteiger charge is 2.49. The monoisotopic (exact) mass is 703 g/mol. The summed E-state index contributed by atoms with van der Waals surface area (Å²) in [5.41, 5.74) is 0.299. The van der Waals surface area contributed by atoms with Gasteiger partial charge in [0.2, 0.25) is 22.7 Å². The molecule has 14 heteroatoms. The van der Waals surface area contributed by atoms with Crippen LogP contribution >= 0.6 is 0 Å². The van der Waals surface area contributed by atoms with Crippen LogP contribution in [0.4, 0.5) is 4.79 Å². The van der Waals surface area contributed by atoms with E-state index in [4.69, 9.17) is 18.9 Å². The maximum Gasteiger partial charge on any atom is 0.407 e. The maximum absolute atomic E-state index is 14.4. The van der Waals surface area contributed by atoms with E-state index < -0.39 is 46.0 Å². The summed E-state index contributed by atoms with van der Waals surface area (Å²) in [6.07, 6.45) is 0.816. The van der Waals surface area contributed by atoms with E-state index >= 15 is 0 Å². The summed E-state index contributed by atoms with van der Waals surface area (Å²) in [5, 5.41) is 25.5. The van der Waals surface area contributed by atoms with E-state index in [1.54, 1.807) is 6.07 Å². The van der Waals surface area contributed by atoms with Crippen molar-refractivity contribution in [2.24, 2.45) is 11.3 Å². The van der Waals surface area contributed by atoms with Gasteiger partial charge in [0.15, 0.2) is 17.8 Å². The van der Waals surface area contributed by atoms with Crippen molar-refractivity contribution in [3.8, 4) is 11.5 Å². The number of nitrogens with zero attached hydrogens (tertiary/aromatic N) is 2. The lowest BCUT2D eigenvalue weighted by atomic mass is 9.86. The molecule has 0 aliphatic carbocycles. The molecule has 5 atom stereocenters. The smallest absolute Gasteiger partial charge is 0.407 e. The molecule has 3 aliphatic rings. The van der Waals surface area contributed by atoms with Crippen molar-refractivity contribution in [3.63, 3.8) is 0 Å². The third-order valence-electron chi connectivity index (χ3n) is 9.56. The van der Waals surface area contributed by atoms with E-state index in [2.05, 4.69) is 5.32 Å². The number of hydrogen-bond acceptors (Lipinski definition) is 9. The fraction of sp³-hybridized carbons (Fsp3) is 0.600. The fourth-order valence-corrected chi connectivity index (χ4v) is 8.69. The number of aliphatic hydroxyl groups is 1. The summed E-state index contributed by atoms with van der Waals surface area (Å²) >= 11 is 0. The Morgan fingerprint density at radius 2 is 1.80 bits per heavy atom. The zero-order valence-corrected chi connectivity index (χ0v) is 29.3. The van der Waals surface area contributed by atoms with Crippen LogP contribution < -0.4 is 14.8 Å². The van der Waals surface area contributed by atoms with Gasteiger partial charge in [-0.3, -0.25) is 9.69 Å². The topological polar surface area (TPSA) is 164 Å². The van der Waals surface area contributed by atoms with Gasteiger partial charge in [0.1, 0.15) is 0 Å². The fourth-order valence-electron chi connectivity index (χ4n) is 7.02. The lowest BCUT2D eigenvalue weighted by Gasteiger charge is -2.40. The molecular formula is C35H49N3O10S. The molecule has 2 aromatic rings. The molecule has 3 N–H and O–H groups in total.